The summed E-state index contributed by atoms with van der Waals surface area (Å²) in [6.45, 7) is 1.98. The van der Waals surface area contributed by atoms with Crippen LogP contribution in [0, 0.1) is 5.92 Å². The fourth-order valence-corrected chi connectivity index (χ4v) is 5.18. The molecule has 4 nitrogen and oxygen atoms in total. The highest BCUT2D eigenvalue weighted by Gasteiger charge is 2.43. The van der Waals surface area contributed by atoms with Crippen LogP contribution < -0.4 is 0 Å². The third-order valence-corrected chi connectivity index (χ3v) is 6.75. The van der Waals surface area contributed by atoms with E-state index in [1.807, 2.05) is 0 Å². The summed E-state index contributed by atoms with van der Waals surface area (Å²) < 4.78 is 27.9. The Balaban J connectivity index is 1.75. The van der Waals surface area contributed by atoms with Gasteiger partial charge in [0.15, 0.2) is 0 Å². The van der Waals surface area contributed by atoms with E-state index >= 15 is 0 Å². The number of hydrogen-bond donors (Lipinski definition) is 0. The van der Waals surface area contributed by atoms with E-state index in [9.17, 15) is 8.42 Å². The Hall–Kier alpha value is -2.47. The fourth-order valence-electron chi connectivity index (χ4n) is 4.74. The van der Waals surface area contributed by atoms with E-state index in [0.29, 0.717) is 0 Å². The zero-order valence-electron chi connectivity index (χ0n) is 17.9. The number of benzene rings is 3. The highest BCUT2D eigenvalue weighted by atomic mass is 32.2. The number of likely N-dealkylation sites (tertiary alicyclic amines) is 1. The van der Waals surface area contributed by atoms with Gasteiger partial charge in [0.25, 0.3) is 10.1 Å². The van der Waals surface area contributed by atoms with Crippen molar-refractivity contribution in [1.82, 2.24) is 4.90 Å². The molecule has 1 saturated heterocycles. The maximum absolute atomic E-state index is 11.4. The zero-order valence-corrected chi connectivity index (χ0v) is 18.7. The Morgan fingerprint density at radius 1 is 0.774 bits per heavy atom. The number of piperidine rings is 1. The lowest BCUT2D eigenvalue weighted by Crippen LogP contribution is -2.51. The first-order chi connectivity index (χ1) is 15.0. The lowest BCUT2D eigenvalue weighted by atomic mass is 9.74. The summed E-state index contributed by atoms with van der Waals surface area (Å²) >= 11 is 0. The molecule has 3 aromatic carbocycles. The van der Waals surface area contributed by atoms with E-state index in [-0.39, 0.29) is 12.5 Å². The average molecular weight is 436 g/mol. The van der Waals surface area contributed by atoms with E-state index in [1.54, 1.807) is 0 Å². The molecule has 0 N–H and O–H groups in total. The van der Waals surface area contributed by atoms with Crippen molar-refractivity contribution in [2.24, 2.45) is 5.92 Å². The lowest BCUT2D eigenvalue weighted by Gasteiger charge is -2.48. The quantitative estimate of drug-likeness (QED) is 0.400. The minimum absolute atomic E-state index is 0.242. The molecule has 0 saturated carbocycles. The standard InChI is InChI=1S/C26H29NO3S/c1-31(28,29)30-21-22-17-19-27(20-18-22)26(23-11-5-2-6-12-23,24-13-7-3-8-14-24)25-15-9-4-10-16-25/h2-16,22H,17-21H2,1H3. The van der Waals surface area contributed by atoms with Gasteiger partial charge in [-0.05, 0) is 48.5 Å². The van der Waals surface area contributed by atoms with Crippen LogP contribution in [0.1, 0.15) is 29.5 Å². The van der Waals surface area contributed by atoms with Crippen molar-refractivity contribution < 1.29 is 12.6 Å². The third-order valence-electron chi connectivity index (χ3n) is 6.18. The second-order valence-corrected chi connectivity index (χ2v) is 9.87. The summed E-state index contributed by atoms with van der Waals surface area (Å²) in [6, 6.07) is 32.0. The summed E-state index contributed by atoms with van der Waals surface area (Å²) in [4.78, 5) is 2.55. The molecular formula is C26H29NO3S. The van der Waals surface area contributed by atoms with E-state index in [2.05, 4.69) is 95.9 Å². The molecule has 1 heterocycles. The Morgan fingerprint density at radius 2 is 1.16 bits per heavy atom. The smallest absolute Gasteiger partial charge is 0.264 e. The van der Waals surface area contributed by atoms with E-state index in [4.69, 9.17) is 4.18 Å². The van der Waals surface area contributed by atoms with Crippen LogP contribution in [0.3, 0.4) is 0 Å². The van der Waals surface area contributed by atoms with Gasteiger partial charge in [0.2, 0.25) is 0 Å². The molecule has 1 fully saturated rings. The van der Waals surface area contributed by atoms with Crippen LogP contribution in [0.5, 0.6) is 0 Å². The van der Waals surface area contributed by atoms with Crippen molar-refractivity contribution in [2.75, 3.05) is 26.0 Å². The van der Waals surface area contributed by atoms with Crippen molar-refractivity contribution in [3.05, 3.63) is 108 Å². The van der Waals surface area contributed by atoms with Gasteiger partial charge in [0, 0.05) is 0 Å². The molecule has 3 aromatic rings. The van der Waals surface area contributed by atoms with Gasteiger partial charge >= 0.3 is 0 Å². The molecule has 0 radical (unpaired) electrons. The summed E-state index contributed by atoms with van der Waals surface area (Å²) in [5, 5.41) is 0. The van der Waals surface area contributed by atoms with Gasteiger partial charge in [0.05, 0.1) is 18.4 Å². The van der Waals surface area contributed by atoms with E-state index < -0.39 is 15.7 Å². The van der Waals surface area contributed by atoms with Crippen LogP contribution in [-0.2, 0) is 19.8 Å². The molecule has 0 atom stereocenters. The van der Waals surface area contributed by atoms with E-state index in [1.165, 1.54) is 16.7 Å². The predicted molar refractivity (Wildman–Crippen MR) is 124 cm³/mol. The minimum atomic E-state index is -3.41. The van der Waals surface area contributed by atoms with Gasteiger partial charge < -0.3 is 0 Å². The first-order valence-electron chi connectivity index (χ1n) is 10.8. The molecule has 0 aromatic heterocycles. The molecule has 162 valence electrons. The maximum Gasteiger partial charge on any atom is 0.264 e. The molecule has 1 aliphatic rings. The molecule has 0 spiro atoms. The van der Waals surface area contributed by atoms with Crippen molar-refractivity contribution in [2.45, 2.75) is 18.4 Å². The molecule has 0 amide bonds. The molecule has 31 heavy (non-hydrogen) atoms. The summed E-state index contributed by atoms with van der Waals surface area (Å²) in [6.07, 6.45) is 2.90. The monoisotopic (exact) mass is 435 g/mol. The topological polar surface area (TPSA) is 46.6 Å². The Kier molecular flexibility index (Phi) is 6.56. The van der Waals surface area contributed by atoms with Gasteiger partial charge in [-0.3, -0.25) is 9.08 Å². The Morgan fingerprint density at radius 3 is 1.52 bits per heavy atom. The van der Waals surface area contributed by atoms with Crippen LogP contribution >= 0.6 is 0 Å². The Bertz CT molecular complexity index is 965. The van der Waals surface area contributed by atoms with Crippen LogP contribution in [-0.4, -0.2) is 39.3 Å². The van der Waals surface area contributed by atoms with Gasteiger partial charge in [0.1, 0.15) is 0 Å². The zero-order chi connectivity index (χ0) is 21.7. The summed E-state index contributed by atoms with van der Waals surface area (Å²) in [7, 11) is -3.41. The minimum Gasteiger partial charge on any atom is -0.286 e. The molecule has 0 aliphatic carbocycles. The molecule has 0 bridgehead atoms. The Labute approximate surface area is 185 Å². The molecule has 1 aliphatic heterocycles. The van der Waals surface area contributed by atoms with Crippen molar-refractivity contribution >= 4 is 10.1 Å². The second kappa shape index (κ2) is 9.35. The number of hydrogen-bond acceptors (Lipinski definition) is 4. The summed E-state index contributed by atoms with van der Waals surface area (Å²) in [5.74, 6) is 0.242. The van der Waals surface area contributed by atoms with E-state index in [0.717, 1.165) is 32.2 Å². The normalized spacial score (nSPS) is 16.3. The van der Waals surface area contributed by atoms with Gasteiger partial charge in [-0.2, -0.15) is 8.42 Å². The SMILES string of the molecule is CS(=O)(=O)OCC1CCN(C(c2ccccc2)(c2ccccc2)c2ccccc2)CC1. The first-order valence-corrected chi connectivity index (χ1v) is 12.6. The molecule has 5 heteroatoms. The fraction of sp³-hybridized carbons (Fsp3) is 0.308. The highest BCUT2D eigenvalue weighted by Crippen LogP contribution is 2.44. The van der Waals surface area contributed by atoms with Crippen LogP contribution in [0.2, 0.25) is 0 Å². The second-order valence-electron chi connectivity index (χ2n) is 8.23. The van der Waals surface area contributed by atoms with Crippen LogP contribution in [0.4, 0.5) is 0 Å². The molecule has 0 unspecified atom stereocenters. The largest absolute Gasteiger partial charge is 0.286 e. The van der Waals surface area contributed by atoms with Crippen molar-refractivity contribution in [3.8, 4) is 0 Å². The average Bonchev–Trinajstić information content (AvgIpc) is 2.81. The van der Waals surface area contributed by atoms with Gasteiger partial charge in [-0.15, -0.1) is 0 Å². The maximum atomic E-state index is 11.4. The van der Waals surface area contributed by atoms with Crippen molar-refractivity contribution in [1.29, 1.82) is 0 Å². The third kappa shape index (κ3) is 4.74. The number of nitrogens with zero attached hydrogens (tertiary/aromatic N) is 1. The van der Waals surface area contributed by atoms with Gasteiger partial charge in [-0.25, -0.2) is 0 Å². The van der Waals surface area contributed by atoms with Crippen molar-refractivity contribution in [3.63, 3.8) is 0 Å². The predicted octanol–water partition coefficient (Wildman–Crippen LogP) is 4.67. The molecular weight excluding hydrogens is 406 g/mol. The molecule has 4 rings (SSSR count). The van der Waals surface area contributed by atoms with Crippen LogP contribution in [0.25, 0.3) is 0 Å². The lowest BCUT2D eigenvalue weighted by molar-refractivity contribution is 0.0847. The number of rotatable bonds is 7. The highest BCUT2D eigenvalue weighted by molar-refractivity contribution is 7.85. The van der Waals surface area contributed by atoms with Crippen LogP contribution in [0.15, 0.2) is 91.0 Å². The first kappa shape index (κ1) is 21.8. The van der Waals surface area contributed by atoms with Gasteiger partial charge in [-0.1, -0.05) is 91.0 Å². The summed E-state index contributed by atoms with van der Waals surface area (Å²) in [5.41, 5.74) is 3.29.